The lowest BCUT2D eigenvalue weighted by Crippen LogP contribution is -2.64. The highest BCUT2D eigenvalue weighted by atomic mass is 19.1. The van der Waals surface area contributed by atoms with E-state index in [2.05, 4.69) is 15.0 Å². The minimum absolute atomic E-state index is 0.136. The zero-order chi connectivity index (χ0) is 26.2. The molecule has 200 valence electrons. The number of fused-ring (bicyclic) bond motifs is 3. The minimum Gasteiger partial charge on any atom is -0.454 e. The number of ether oxygens (including phenoxy) is 1. The van der Waals surface area contributed by atoms with E-state index in [1.165, 1.54) is 18.6 Å². The molecular formula is C30H36FN4O3+. The predicted octanol–water partition coefficient (Wildman–Crippen LogP) is 4.93. The number of hydrogen-bond donors (Lipinski definition) is 0. The van der Waals surface area contributed by atoms with Crippen LogP contribution in [0.3, 0.4) is 0 Å². The maximum Gasteiger partial charge on any atom is 0.331 e. The molecule has 1 aromatic heterocycles. The summed E-state index contributed by atoms with van der Waals surface area (Å²) in [5.41, 5.74) is 0.792. The highest BCUT2D eigenvalue weighted by Gasteiger charge is 2.51. The largest absolute Gasteiger partial charge is 0.454 e. The van der Waals surface area contributed by atoms with E-state index < -0.39 is 5.54 Å². The van der Waals surface area contributed by atoms with Gasteiger partial charge in [0, 0.05) is 24.3 Å². The molecule has 4 aliphatic rings. The summed E-state index contributed by atoms with van der Waals surface area (Å²) in [6, 6.07) is 16.3. The second-order valence-electron chi connectivity index (χ2n) is 11.4. The lowest BCUT2D eigenvalue weighted by Gasteiger charge is -2.52. The first-order valence-electron chi connectivity index (χ1n) is 13.9. The summed E-state index contributed by atoms with van der Waals surface area (Å²) in [5.74, 6) is 0.843. The SMILES string of the molecule is C[C@@](C(=O)O[C@H]1C[N+]2(Cc3nc(-c4cccc(F)c4)no3)CCC1CC2)(c1ccccc1)N1CCCCC1. The molecule has 0 spiro atoms. The molecule has 0 radical (unpaired) electrons. The molecule has 0 unspecified atom stereocenters. The summed E-state index contributed by atoms with van der Waals surface area (Å²) in [7, 11) is 0. The van der Waals surface area contributed by atoms with Gasteiger partial charge in [-0.25, -0.2) is 9.18 Å². The van der Waals surface area contributed by atoms with Crippen molar-refractivity contribution in [3.8, 4) is 11.4 Å². The minimum atomic E-state index is -0.801. The number of rotatable bonds is 7. The van der Waals surface area contributed by atoms with E-state index in [0.717, 1.165) is 68.5 Å². The molecule has 4 saturated heterocycles. The molecule has 5 heterocycles. The monoisotopic (exact) mass is 519 g/mol. The molecule has 2 aromatic carbocycles. The summed E-state index contributed by atoms with van der Waals surface area (Å²) >= 11 is 0. The second kappa shape index (κ2) is 10.2. The highest BCUT2D eigenvalue weighted by molar-refractivity contribution is 5.82. The van der Waals surface area contributed by atoms with Crippen LogP contribution >= 0.6 is 0 Å². The van der Waals surface area contributed by atoms with Crippen molar-refractivity contribution < 1.29 is 22.9 Å². The topological polar surface area (TPSA) is 68.5 Å². The van der Waals surface area contributed by atoms with E-state index in [1.807, 2.05) is 37.3 Å². The van der Waals surface area contributed by atoms with Gasteiger partial charge in [-0.15, -0.1) is 0 Å². The summed E-state index contributed by atoms with van der Waals surface area (Å²) in [6.45, 7) is 7.17. The number of halogens is 1. The van der Waals surface area contributed by atoms with E-state index in [-0.39, 0.29) is 17.9 Å². The van der Waals surface area contributed by atoms with E-state index in [4.69, 9.17) is 9.26 Å². The van der Waals surface area contributed by atoms with Crippen molar-refractivity contribution in [2.75, 3.05) is 32.7 Å². The van der Waals surface area contributed by atoms with Crippen LogP contribution in [-0.2, 0) is 21.6 Å². The third kappa shape index (κ3) is 4.76. The van der Waals surface area contributed by atoms with Crippen LogP contribution in [0.4, 0.5) is 4.39 Å². The molecule has 7 rings (SSSR count). The number of quaternary nitrogens is 1. The number of piperidine rings is 4. The Morgan fingerprint density at radius 3 is 2.61 bits per heavy atom. The highest BCUT2D eigenvalue weighted by Crippen LogP contribution is 2.39. The molecule has 38 heavy (non-hydrogen) atoms. The quantitative estimate of drug-likeness (QED) is 0.326. The van der Waals surface area contributed by atoms with Crippen LogP contribution in [-0.4, -0.2) is 64.3 Å². The third-order valence-corrected chi connectivity index (χ3v) is 9.04. The number of hydrogen-bond acceptors (Lipinski definition) is 6. The number of aromatic nitrogens is 2. The zero-order valence-electron chi connectivity index (χ0n) is 22.0. The van der Waals surface area contributed by atoms with E-state index in [9.17, 15) is 9.18 Å². The molecule has 2 atom stereocenters. The van der Waals surface area contributed by atoms with E-state index >= 15 is 0 Å². The maximum atomic E-state index is 14.0. The molecule has 0 amide bonds. The van der Waals surface area contributed by atoms with Crippen LogP contribution in [0.1, 0.15) is 50.5 Å². The molecule has 0 aliphatic carbocycles. The second-order valence-corrected chi connectivity index (χ2v) is 11.4. The van der Waals surface area contributed by atoms with Crippen molar-refractivity contribution in [3.05, 3.63) is 71.9 Å². The average molecular weight is 520 g/mol. The Morgan fingerprint density at radius 1 is 1.11 bits per heavy atom. The summed E-state index contributed by atoms with van der Waals surface area (Å²) < 4.78 is 26.5. The van der Waals surface area contributed by atoms with Gasteiger partial charge >= 0.3 is 5.97 Å². The standard InChI is InChI=1S/C30H36FN4O3/c1-30(24-10-4-2-5-11-24,34-15-6-3-7-16-34)29(36)37-26-20-35(17-13-22(26)14-18-35)21-27-32-28(33-38-27)23-9-8-12-25(31)19-23/h2,4-5,8-12,19,22,26H,3,6-7,13-18,20-21H2,1H3/q+1/t22?,26-,30-,35?/m0/s1. The van der Waals surface area contributed by atoms with Gasteiger partial charge in [-0.2, -0.15) is 4.98 Å². The van der Waals surface area contributed by atoms with Crippen molar-refractivity contribution in [1.82, 2.24) is 15.0 Å². The first-order chi connectivity index (χ1) is 18.5. The lowest BCUT2D eigenvalue weighted by molar-refractivity contribution is -0.959. The molecule has 3 aromatic rings. The maximum absolute atomic E-state index is 14.0. The van der Waals surface area contributed by atoms with Gasteiger partial charge in [0.2, 0.25) is 5.82 Å². The Labute approximate surface area is 223 Å². The zero-order valence-corrected chi connectivity index (χ0v) is 22.0. The first kappa shape index (κ1) is 25.2. The van der Waals surface area contributed by atoms with Gasteiger partial charge < -0.3 is 13.7 Å². The van der Waals surface area contributed by atoms with Gasteiger partial charge in [0.25, 0.3) is 5.89 Å². The van der Waals surface area contributed by atoms with Crippen molar-refractivity contribution in [2.45, 2.75) is 57.2 Å². The summed E-state index contributed by atoms with van der Waals surface area (Å²) in [4.78, 5) is 20.9. The van der Waals surface area contributed by atoms with Crippen molar-refractivity contribution in [3.63, 3.8) is 0 Å². The first-order valence-corrected chi connectivity index (χ1v) is 13.9. The van der Waals surface area contributed by atoms with Crippen molar-refractivity contribution in [1.29, 1.82) is 0 Å². The molecular weight excluding hydrogens is 483 g/mol. The fraction of sp³-hybridized carbons (Fsp3) is 0.500. The van der Waals surface area contributed by atoms with Crippen molar-refractivity contribution in [2.24, 2.45) is 5.92 Å². The smallest absolute Gasteiger partial charge is 0.331 e. The predicted molar refractivity (Wildman–Crippen MR) is 140 cm³/mol. The van der Waals surface area contributed by atoms with Gasteiger partial charge in [-0.05, 0) is 50.6 Å². The van der Waals surface area contributed by atoms with Gasteiger partial charge in [0.05, 0.1) is 13.1 Å². The number of esters is 1. The molecule has 4 fully saturated rings. The van der Waals surface area contributed by atoms with Gasteiger partial charge in [0.1, 0.15) is 17.9 Å². The number of nitrogens with zero attached hydrogens (tertiary/aromatic N) is 4. The Hall–Kier alpha value is -3.10. The lowest BCUT2D eigenvalue weighted by atomic mass is 9.82. The number of benzene rings is 2. The molecule has 0 saturated carbocycles. The van der Waals surface area contributed by atoms with Gasteiger partial charge in [-0.1, -0.05) is 54.0 Å². The molecule has 2 bridgehead atoms. The Balaban J connectivity index is 1.19. The van der Waals surface area contributed by atoms with Crippen LogP contribution in [0.15, 0.2) is 59.1 Å². The molecule has 0 N–H and O–H groups in total. The van der Waals surface area contributed by atoms with Crippen LogP contribution < -0.4 is 0 Å². The molecule has 8 heteroatoms. The summed E-state index contributed by atoms with van der Waals surface area (Å²) in [6.07, 6.45) is 5.29. The van der Waals surface area contributed by atoms with Crippen LogP contribution in [0.25, 0.3) is 11.4 Å². The Morgan fingerprint density at radius 2 is 1.87 bits per heavy atom. The molecule has 7 nitrogen and oxygen atoms in total. The van der Waals surface area contributed by atoms with E-state index in [1.54, 1.807) is 12.1 Å². The third-order valence-electron chi connectivity index (χ3n) is 9.04. The fourth-order valence-electron chi connectivity index (χ4n) is 6.71. The van der Waals surface area contributed by atoms with Crippen molar-refractivity contribution >= 4 is 5.97 Å². The fourth-order valence-corrected chi connectivity index (χ4v) is 6.71. The summed E-state index contributed by atoms with van der Waals surface area (Å²) in [5, 5.41) is 4.10. The van der Waals surface area contributed by atoms with Gasteiger partial charge in [-0.3, -0.25) is 4.90 Å². The number of likely N-dealkylation sites (tertiary alicyclic amines) is 1. The van der Waals surface area contributed by atoms with Crippen LogP contribution in [0, 0.1) is 11.7 Å². The molecule has 4 aliphatic heterocycles. The van der Waals surface area contributed by atoms with Gasteiger partial charge in [0.15, 0.2) is 12.6 Å². The number of carbonyl (C=O) groups is 1. The van der Waals surface area contributed by atoms with E-state index in [0.29, 0.717) is 29.7 Å². The van der Waals surface area contributed by atoms with Crippen LogP contribution in [0.5, 0.6) is 0 Å². The normalized spacial score (nSPS) is 27.1. The Bertz CT molecular complexity index is 1270. The average Bonchev–Trinajstić information content (AvgIpc) is 3.42. The number of carbonyl (C=O) groups excluding carboxylic acids is 1. The van der Waals surface area contributed by atoms with Crippen LogP contribution in [0.2, 0.25) is 0 Å². The Kier molecular flexibility index (Phi) is 6.78.